The molecule has 0 saturated heterocycles. The molecule has 0 aliphatic heterocycles. The van der Waals surface area contributed by atoms with E-state index >= 15 is 0 Å². The lowest BCUT2D eigenvalue weighted by atomic mass is 10.2. The molecular weight excluding hydrogens is 297 g/mol. The normalized spacial score (nSPS) is 10.4. The highest BCUT2D eigenvalue weighted by Crippen LogP contribution is 2.23. The maximum absolute atomic E-state index is 13.6. The topological polar surface area (TPSA) is 35.2 Å². The number of nitrogen functional groups attached to an aromatic ring is 1. The Hall–Kier alpha value is -1.55. The van der Waals surface area contributed by atoms with Crippen LogP contribution in [0.25, 0.3) is 0 Å². The zero-order valence-electron chi connectivity index (χ0n) is 9.91. The van der Waals surface area contributed by atoms with Gasteiger partial charge in [-0.25, -0.2) is 4.39 Å². The van der Waals surface area contributed by atoms with Crippen molar-refractivity contribution in [3.63, 3.8) is 0 Å². The first-order chi connectivity index (χ1) is 8.56. The van der Waals surface area contributed by atoms with Crippen molar-refractivity contribution in [1.82, 2.24) is 0 Å². The van der Waals surface area contributed by atoms with Crippen LogP contribution < -0.4 is 10.5 Å². The molecular formula is C14H13BrFNO. The molecule has 94 valence electrons. The van der Waals surface area contributed by atoms with E-state index in [9.17, 15) is 4.39 Å². The standard InChI is InChI=1S/C14H13BrFNO/c1-9-2-5-12(17)7-14(9)18-8-10-3-4-11(15)6-13(10)16/h2-7H,8,17H2,1H3. The molecule has 0 aromatic heterocycles. The maximum Gasteiger partial charge on any atom is 0.130 e. The zero-order valence-corrected chi connectivity index (χ0v) is 11.5. The number of halogens is 2. The lowest BCUT2D eigenvalue weighted by Gasteiger charge is -2.10. The third-order valence-corrected chi connectivity index (χ3v) is 3.10. The number of anilines is 1. The Kier molecular flexibility index (Phi) is 3.87. The largest absolute Gasteiger partial charge is 0.488 e. The van der Waals surface area contributed by atoms with E-state index in [4.69, 9.17) is 10.5 Å². The number of ether oxygens (including phenoxy) is 1. The van der Waals surface area contributed by atoms with Crippen LogP contribution in [0.2, 0.25) is 0 Å². The van der Waals surface area contributed by atoms with Crippen molar-refractivity contribution < 1.29 is 9.13 Å². The molecule has 0 unspecified atom stereocenters. The van der Waals surface area contributed by atoms with Crippen LogP contribution in [0.4, 0.5) is 10.1 Å². The van der Waals surface area contributed by atoms with Crippen molar-refractivity contribution in [2.75, 3.05) is 5.73 Å². The summed E-state index contributed by atoms with van der Waals surface area (Å²) in [6, 6.07) is 10.3. The molecule has 0 spiro atoms. The summed E-state index contributed by atoms with van der Waals surface area (Å²) in [6.07, 6.45) is 0. The number of hydrogen-bond donors (Lipinski definition) is 1. The molecule has 2 aromatic carbocycles. The maximum atomic E-state index is 13.6. The van der Waals surface area contributed by atoms with Gasteiger partial charge in [0.1, 0.15) is 18.2 Å². The van der Waals surface area contributed by atoms with E-state index in [1.807, 2.05) is 19.1 Å². The van der Waals surface area contributed by atoms with Crippen molar-refractivity contribution in [2.45, 2.75) is 13.5 Å². The lowest BCUT2D eigenvalue weighted by Crippen LogP contribution is -2.00. The Balaban J connectivity index is 2.13. The van der Waals surface area contributed by atoms with Crippen molar-refractivity contribution >= 4 is 21.6 Å². The van der Waals surface area contributed by atoms with Gasteiger partial charge < -0.3 is 10.5 Å². The van der Waals surface area contributed by atoms with Crippen LogP contribution >= 0.6 is 15.9 Å². The van der Waals surface area contributed by atoms with E-state index in [1.54, 1.807) is 18.2 Å². The minimum atomic E-state index is -0.286. The fraction of sp³-hybridized carbons (Fsp3) is 0.143. The summed E-state index contributed by atoms with van der Waals surface area (Å²) in [6.45, 7) is 2.11. The van der Waals surface area contributed by atoms with Gasteiger partial charge in [-0.1, -0.05) is 28.1 Å². The monoisotopic (exact) mass is 309 g/mol. The van der Waals surface area contributed by atoms with E-state index in [-0.39, 0.29) is 12.4 Å². The van der Waals surface area contributed by atoms with Gasteiger partial charge in [0.15, 0.2) is 0 Å². The van der Waals surface area contributed by atoms with Gasteiger partial charge in [-0.3, -0.25) is 0 Å². The van der Waals surface area contributed by atoms with E-state index < -0.39 is 0 Å². The number of nitrogens with two attached hydrogens (primary N) is 1. The van der Waals surface area contributed by atoms with Gasteiger partial charge in [-0.15, -0.1) is 0 Å². The Morgan fingerprint density at radius 3 is 2.72 bits per heavy atom. The van der Waals surface area contributed by atoms with Gasteiger partial charge >= 0.3 is 0 Å². The second-order valence-electron chi connectivity index (χ2n) is 4.05. The first-order valence-electron chi connectivity index (χ1n) is 5.49. The minimum Gasteiger partial charge on any atom is -0.488 e. The highest BCUT2D eigenvalue weighted by Gasteiger charge is 2.05. The van der Waals surface area contributed by atoms with Crippen molar-refractivity contribution in [1.29, 1.82) is 0 Å². The minimum absolute atomic E-state index is 0.184. The quantitative estimate of drug-likeness (QED) is 0.868. The van der Waals surface area contributed by atoms with E-state index in [2.05, 4.69) is 15.9 Å². The molecule has 0 aliphatic carbocycles. The van der Waals surface area contributed by atoms with Crippen LogP contribution in [0.5, 0.6) is 5.75 Å². The summed E-state index contributed by atoms with van der Waals surface area (Å²) >= 11 is 3.22. The second-order valence-corrected chi connectivity index (χ2v) is 4.97. The molecule has 2 N–H and O–H groups in total. The molecule has 2 aromatic rings. The first kappa shape index (κ1) is 12.9. The Morgan fingerprint density at radius 1 is 1.22 bits per heavy atom. The van der Waals surface area contributed by atoms with Gasteiger partial charge in [-0.2, -0.15) is 0 Å². The highest BCUT2D eigenvalue weighted by atomic mass is 79.9. The predicted octanol–water partition coefficient (Wildman–Crippen LogP) is 4.06. The number of hydrogen-bond acceptors (Lipinski definition) is 2. The van der Waals surface area contributed by atoms with Crippen LogP contribution in [-0.2, 0) is 6.61 Å². The fourth-order valence-electron chi connectivity index (χ4n) is 1.57. The summed E-state index contributed by atoms with van der Waals surface area (Å²) in [5, 5.41) is 0. The van der Waals surface area contributed by atoms with Crippen molar-refractivity contribution in [2.24, 2.45) is 0 Å². The Morgan fingerprint density at radius 2 is 2.00 bits per heavy atom. The average molecular weight is 310 g/mol. The molecule has 0 aliphatic rings. The van der Waals surface area contributed by atoms with E-state index in [0.717, 1.165) is 5.56 Å². The van der Waals surface area contributed by atoms with Crippen LogP contribution in [0, 0.1) is 12.7 Å². The Bertz CT molecular complexity index is 572. The molecule has 0 heterocycles. The van der Waals surface area contributed by atoms with Gasteiger partial charge in [0, 0.05) is 21.8 Å². The number of benzene rings is 2. The van der Waals surface area contributed by atoms with Gasteiger partial charge in [0.05, 0.1) is 0 Å². The molecule has 4 heteroatoms. The highest BCUT2D eigenvalue weighted by molar-refractivity contribution is 9.10. The van der Waals surface area contributed by atoms with Gasteiger partial charge in [-0.05, 0) is 30.7 Å². The van der Waals surface area contributed by atoms with E-state index in [1.165, 1.54) is 6.07 Å². The smallest absolute Gasteiger partial charge is 0.130 e. The predicted molar refractivity (Wildman–Crippen MR) is 74.0 cm³/mol. The molecule has 0 saturated carbocycles. The summed E-state index contributed by atoms with van der Waals surface area (Å²) in [5.41, 5.74) is 7.81. The van der Waals surface area contributed by atoms with Crippen LogP contribution in [0.1, 0.15) is 11.1 Å². The zero-order chi connectivity index (χ0) is 13.1. The van der Waals surface area contributed by atoms with Gasteiger partial charge in [0.2, 0.25) is 0 Å². The number of rotatable bonds is 3. The van der Waals surface area contributed by atoms with Crippen molar-refractivity contribution in [3.8, 4) is 5.75 Å². The van der Waals surface area contributed by atoms with Gasteiger partial charge in [0.25, 0.3) is 0 Å². The third kappa shape index (κ3) is 3.01. The van der Waals surface area contributed by atoms with E-state index in [0.29, 0.717) is 21.5 Å². The number of aryl methyl sites for hydroxylation is 1. The summed E-state index contributed by atoms with van der Waals surface area (Å²) in [5.74, 6) is 0.392. The molecule has 0 atom stereocenters. The molecule has 0 fully saturated rings. The molecule has 18 heavy (non-hydrogen) atoms. The molecule has 0 radical (unpaired) electrons. The van der Waals surface area contributed by atoms with Crippen LogP contribution in [0.15, 0.2) is 40.9 Å². The lowest BCUT2D eigenvalue weighted by molar-refractivity contribution is 0.298. The van der Waals surface area contributed by atoms with Crippen molar-refractivity contribution in [3.05, 3.63) is 57.8 Å². The summed E-state index contributed by atoms with van der Waals surface area (Å²) in [4.78, 5) is 0. The average Bonchev–Trinajstić information content (AvgIpc) is 2.32. The van der Waals surface area contributed by atoms with Crippen LogP contribution in [0.3, 0.4) is 0 Å². The first-order valence-corrected chi connectivity index (χ1v) is 6.28. The molecule has 0 bridgehead atoms. The third-order valence-electron chi connectivity index (χ3n) is 2.61. The summed E-state index contributed by atoms with van der Waals surface area (Å²) < 4.78 is 19.9. The fourth-order valence-corrected chi connectivity index (χ4v) is 1.90. The Labute approximate surface area is 114 Å². The SMILES string of the molecule is Cc1ccc(N)cc1OCc1ccc(Br)cc1F. The molecule has 2 nitrogen and oxygen atoms in total. The molecule has 2 rings (SSSR count). The molecule has 0 amide bonds. The second kappa shape index (κ2) is 5.40. The van der Waals surface area contributed by atoms with Crippen LogP contribution in [-0.4, -0.2) is 0 Å². The summed E-state index contributed by atoms with van der Waals surface area (Å²) in [7, 11) is 0.